The Balaban J connectivity index is 2.45. The van der Waals surface area contributed by atoms with Crippen LogP contribution in [0.3, 0.4) is 0 Å². The maximum absolute atomic E-state index is 13.7. The van der Waals surface area contributed by atoms with Crippen molar-refractivity contribution in [3.05, 3.63) is 35.7 Å². The van der Waals surface area contributed by atoms with Crippen molar-refractivity contribution in [2.75, 3.05) is 19.8 Å². The quantitative estimate of drug-likeness (QED) is 0.588. The van der Waals surface area contributed by atoms with E-state index in [0.717, 1.165) is 6.08 Å². The Morgan fingerprint density at radius 2 is 2.15 bits per heavy atom. The second kappa shape index (κ2) is 8.32. The first-order chi connectivity index (χ1) is 9.49. The average Bonchev–Trinajstić information content (AvgIpc) is 2.37. The Kier molecular flexibility index (Phi) is 6.73. The minimum absolute atomic E-state index is 0.130. The van der Waals surface area contributed by atoms with Gasteiger partial charge in [-0.2, -0.15) is 0 Å². The maximum atomic E-state index is 13.7. The van der Waals surface area contributed by atoms with Crippen LogP contribution < -0.4 is 4.74 Å². The molecule has 0 aromatic heterocycles. The van der Waals surface area contributed by atoms with Crippen LogP contribution in [0.2, 0.25) is 0 Å². The summed E-state index contributed by atoms with van der Waals surface area (Å²) in [6.07, 6.45) is 2.27. The van der Waals surface area contributed by atoms with Gasteiger partial charge in [-0.3, -0.25) is 0 Å². The number of carbonyl (C=O) groups is 1. The fraction of sp³-hybridized carbons (Fsp3) is 0.400. The van der Waals surface area contributed by atoms with Gasteiger partial charge >= 0.3 is 5.97 Å². The van der Waals surface area contributed by atoms with Crippen molar-refractivity contribution in [1.82, 2.24) is 0 Å². The zero-order valence-corrected chi connectivity index (χ0v) is 11.6. The molecule has 0 saturated heterocycles. The molecular weight excluding hydrogens is 263 g/mol. The highest BCUT2D eigenvalue weighted by Crippen LogP contribution is 2.19. The lowest BCUT2D eigenvalue weighted by molar-refractivity contribution is -0.131. The molecule has 1 rings (SSSR count). The standard InChI is InChI=1S/C15H19FO4/c1-11(2)10-19-7-8-20-14-5-3-12(9-13(14)16)4-6-15(17)18/h3-6,9,11H,7-8,10H2,1-2H3,(H,17,18)/b6-4+. The van der Waals surface area contributed by atoms with Gasteiger partial charge in [0.05, 0.1) is 6.61 Å². The Bertz CT molecular complexity index is 469. The molecule has 4 nitrogen and oxygen atoms in total. The van der Waals surface area contributed by atoms with Gasteiger partial charge in [-0.15, -0.1) is 0 Å². The lowest BCUT2D eigenvalue weighted by Gasteiger charge is -2.09. The molecule has 0 aliphatic carbocycles. The highest BCUT2D eigenvalue weighted by Gasteiger charge is 2.04. The van der Waals surface area contributed by atoms with Gasteiger partial charge in [0.25, 0.3) is 0 Å². The molecule has 0 radical (unpaired) electrons. The van der Waals surface area contributed by atoms with Crippen molar-refractivity contribution < 1.29 is 23.8 Å². The Morgan fingerprint density at radius 3 is 2.75 bits per heavy atom. The summed E-state index contributed by atoms with van der Waals surface area (Å²) in [6.45, 7) is 5.41. The van der Waals surface area contributed by atoms with Crippen LogP contribution in [0.1, 0.15) is 19.4 Å². The largest absolute Gasteiger partial charge is 0.488 e. The zero-order valence-electron chi connectivity index (χ0n) is 11.6. The molecule has 20 heavy (non-hydrogen) atoms. The summed E-state index contributed by atoms with van der Waals surface area (Å²) in [6, 6.07) is 4.29. The van der Waals surface area contributed by atoms with Crippen molar-refractivity contribution in [1.29, 1.82) is 0 Å². The molecule has 5 heteroatoms. The van der Waals surface area contributed by atoms with Gasteiger partial charge in [0.1, 0.15) is 6.61 Å². The Hall–Kier alpha value is -1.88. The predicted molar refractivity (Wildman–Crippen MR) is 74.2 cm³/mol. The van der Waals surface area contributed by atoms with Crippen molar-refractivity contribution in [2.45, 2.75) is 13.8 Å². The number of carboxylic acids is 1. The molecule has 0 atom stereocenters. The van der Waals surface area contributed by atoms with Crippen LogP contribution in [0.15, 0.2) is 24.3 Å². The van der Waals surface area contributed by atoms with Crippen LogP contribution in [-0.4, -0.2) is 30.9 Å². The molecule has 0 bridgehead atoms. The molecule has 0 spiro atoms. The third-order valence-corrected chi connectivity index (χ3v) is 2.31. The SMILES string of the molecule is CC(C)COCCOc1ccc(/C=C/C(=O)O)cc1F. The first kappa shape index (κ1) is 16.2. The fourth-order valence-corrected chi connectivity index (χ4v) is 1.43. The molecule has 1 N–H and O–H groups in total. The Morgan fingerprint density at radius 1 is 1.40 bits per heavy atom. The second-order valence-electron chi connectivity index (χ2n) is 4.68. The van der Waals surface area contributed by atoms with Gasteiger partial charge < -0.3 is 14.6 Å². The van der Waals surface area contributed by atoms with E-state index in [1.165, 1.54) is 18.2 Å². The molecule has 0 saturated carbocycles. The summed E-state index contributed by atoms with van der Waals surface area (Å²) in [5.74, 6) is -1.02. The molecule has 0 fully saturated rings. The normalized spacial score (nSPS) is 11.2. The number of benzene rings is 1. The van der Waals surface area contributed by atoms with Crippen molar-refractivity contribution in [3.8, 4) is 5.75 Å². The van der Waals surface area contributed by atoms with E-state index in [2.05, 4.69) is 0 Å². The van der Waals surface area contributed by atoms with Gasteiger partial charge in [0.15, 0.2) is 11.6 Å². The van der Waals surface area contributed by atoms with Gasteiger partial charge in [0.2, 0.25) is 0 Å². The van der Waals surface area contributed by atoms with E-state index >= 15 is 0 Å². The molecular formula is C15H19FO4. The Labute approximate surface area is 117 Å². The van der Waals surface area contributed by atoms with Crippen LogP contribution in [-0.2, 0) is 9.53 Å². The summed E-state index contributed by atoms with van der Waals surface area (Å²) >= 11 is 0. The number of aliphatic carboxylic acids is 1. The topological polar surface area (TPSA) is 55.8 Å². The number of ether oxygens (including phenoxy) is 2. The zero-order chi connectivity index (χ0) is 15.0. The number of hydrogen-bond acceptors (Lipinski definition) is 3. The van der Waals surface area contributed by atoms with E-state index in [9.17, 15) is 9.18 Å². The van der Waals surface area contributed by atoms with Crippen LogP contribution >= 0.6 is 0 Å². The summed E-state index contributed by atoms with van der Waals surface area (Å²) in [4.78, 5) is 10.4. The predicted octanol–water partition coefficient (Wildman–Crippen LogP) is 2.97. The van der Waals surface area contributed by atoms with E-state index in [0.29, 0.717) is 24.7 Å². The van der Waals surface area contributed by atoms with Gasteiger partial charge in [-0.05, 0) is 29.7 Å². The molecule has 0 amide bonds. The maximum Gasteiger partial charge on any atom is 0.328 e. The number of carboxylic acid groups (broad SMARTS) is 1. The lowest BCUT2D eigenvalue weighted by atomic mass is 10.2. The highest BCUT2D eigenvalue weighted by molar-refractivity contribution is 5.85. The van der Waals surface area contributed by atoms with Gasteiger partial charge in [-0.1, -0.05) is 19.9 Å². The fourth-order valence-electron chi connectivity index (χ4n) is 1.43. The molecule has 1 aromatic carbocycles. The number of halogens is 1. The van der Waals surface area contributed by atoms with Crippen LogP contribution in [0.25, 0.3) is 6.08 Å². The second-order valence-corrected chi connectivity index (χ2v) is 4.68. The minimum atomic E-state index is -1.08. The summed E-state index contributed by atoms with van der Waals surface area (Å²) < 4.78 is 24.2. The average molecular weight is 282 g/mol. The van der Waals surface area contributed by atoms with Crippen LogP contribution in [0, 0.1) is 11.7 Å². The summed E-state index contributed by atoms with van der Waals surface area (Å²) in [7, 11) is 0. The van der Waals surface area contributed by atoms with Crippen LogP contribution in [0.4, 0.5) is 4.39 Å². The monoisotopic (exact) mass is 282 g/mol. The minimum Gasteiger partial charge on any atom is -0.488 e. The van der Waals surface area contributed by atoms with E-state index in [-0.39, 0.29) is 12.4 Å². The molecule has 1 aromatic rings. The molecule has 0 aliphatic rings. The van der Waals surface area contributed by atoms with E-state index < -0.39 is 11.8 Å². The van der Waals surface area contributed by atoms with E-state index in [1.54, 1.807) is 6.07 Å². The molecule has 110 valence electrons. The van der Waals surface area contributed by atoms with Crippen LogP contribution in [0.5, 0.6) is 5.75 Å². The lowest BCUT2D eigenvalue weighted by Crippen LogP contribution is -2.10. The third kappa shape index (κ3) is 6.33. The van der Waals surface area contributed by atoms with Gasteiger partial charge in [-0.25, -0.2) is 9.18 Å². The number of rotatable bonds is 8. The molecule has 0 aliphatic heterocycles. The first-order valence-electron chi connectivity index (χ1n) is 6.40. The third-order valence-electron chi connectivity index (χ3n) is 2.31. The first-order valence-corrected chi connectivity index (χ1v) is 6.40. The summed E-state index contributed by atoms with van der Waals surface area (Å²) in [5.41, 5.74) is 0.466. The molecule has 0 heterocycles. The van der Waals surface area contributed by atoms with E-state index in [1.807, 2.05) is 13.8 Å². The molecule has 0 unspecified atom stereocenters. The smallest absolute Gasteiger partial charge is 0.328 e. The summed E-state index contributed by atoms with van der Waals surface area (Å²) in [5, 5.41) is 8.49. The highest BCUT2D eigenvalue weighted by atomic mass is 19.1. The van der Waals surface area contributed by atoms with E-state index in [4.69, 9.17) is 14.6 Å². The van der Waals surface area contributed by atoms with Crippen molar-refractivity contribution in [2.24, 2.45) is 5.92 Å². The van der Waals surface area contributed by atoms with Crippen molar-refractivity contribution >= 4 is 12.0 Å². The van der Waals surface area contributed by atoms with Gasteiger partial charge in [0, 0.05) is 12.7 Å². The number of hydrogen-bond donors (Lipinski definition) is 1. The van der Waals surface area contributed by atoms with Crippen molar-refractivity contribution in [3.63, 3.8) is 0 Å².